The minimum absolute atomic E-state index is 0.308. The summed E-state index contributed by atoms with van der Waals surface area (Å²) in [4.78, 5) is 0. The van der Waals surface area contributed by atoms with Gasteiger partial charge < -0.3 is 0 Å². The normalized spacial score (nSPS) is 13.5. The van der Waals surface area contributed by atoms with Crippen LogP contribution in [0.4, 0.5) is 22.0 Å². The van der Waals surface area contributed by atoms with Crippen LogP contribution < -0.4 is 0 Å². The minimum atomic E-state index is -1.66. The van der Waals surface area contributed by atoms with Crippen LogP contribution in [-0.4, -0.2) is 0 Å². The van der Waals surface area contributed by atoms with Crippen LogP contribution in [0.25, 0.3) is 11.1 Å². The number of benzene rings is 2. The molecule has 3 rings (SSSR count). The van der Waals surface area contributed by atoms with Crippen molar-refractivity contribution in [3.8, 4) is 11.1 Å². The lowest BCUT2D eigenvalue weighted by atomic mass is 9.86. The Kier molecular flexibility index (Phi) is 5.44. The van der Waals surface area contributed by atoms with Crippen LogP contribution in [0.15, 0.2) is 29.8 Å². The molecular weight excluding hydrogens is 347 g/mol. The largest absolute Gasteiger partial charge is 0.206 e. The number of hydrogen-bond acceptors (Lipinski definition) is 0. The minimum Gasteiger partial charge on any atom is -0.206 e. The molecule has 0 N–H and O–H groups in total. The van der Waals surface area contributed by atoms with Crippen molar-refractivity contribution in [2.75, 3.05) is 0 Å². The first-order chi connectivity index (χ1) is 12.4. The molecule has 0 heterocycles. The van der Waals surface area contributed by atoms with Crippen LogP contribution in [0.5, 0.6) is 0 Å². The molecule has 0 nitrogen and oxygen atoms in total. The van der Waals surface area contributed by atoms with E-state index in [1.807, 2.05) is 6.08 Å². The number of hydrogen-bond donors (Lipinski definition) is 0. The smallest absolute Gasteiger partial charge is 0.194 e. The summed E-state index contributed by atoms with van der Waals surface area (Å²) in [5.74, 6) is -6.35. The van der Waals surface area contributed by atoms with Crippen molar-refractivity contribution in [1.29, 1.82) is 0 Å². The molecule has 5 heteroatoms. The average Bonchev–Trinajstić information content (AvgIpc) is 2.59. The molecule has 0 spiro atoms. The Morgan fingerprint density at radius 3 is 2.19 bits per heavy atom. The zero-order valence-corrected chi connectivity index (χ0v) is 14.4. The topological polar surface area (TPSA) is 0 Å². The highest BCUT2D eigenvalue weighted by Gasteiger charge is 2.24. The Hall–Kier alpha value is -2.17. The van der Waals surface area contributed by atoms with E-state index in [2.05, 4.69) is 6.92 Å². The summed E-state index contributed by atoms with van der Waals surface area (Å²) in [5.41, 5.74) is 1.16. The van der Waals surface area contributed by atoms with Gasteiger partial charge in [0.1, 0.15) is 11.6 Å². The number of rotatable bonds is 5. The van der Waals surface area contributed by atoms with E-state index >= 15 is 0 Å². The number of fused-ring (bicyclic) bond motifs is 1. The van der Waals surface area contributed by atoms with Crippen molar-refractivity contribution in [2.24, 2.45) is 0 Å². The Labute approximate surface area is 149 Å². The summed E-state index contributed by atoms with van der Waals surface area (Å²) in [6, 6.07) is 2.45. The van der Waals surface area contributed by atoms with Crippen molar-refractivity contribution in [3.63, 3.8) is 0 Å². The van der Waals surface area contributed by atoms with Crippen LogP contribution in [0.3, 0.4) is 0 Å². The molecule has 0 saturated carbocycles. The summed E-state index contributed by atoms with van der Waals surface area (Å²) >= 11 is 0. The van der Waals surface area contributed by atoms with Gasteiger partial charge in [0, 0.05) is 0 Å². The van der Waals surface area contributed by atoms with Gasteiger partial charge in [-0.25, -0.2) is 22.0 Å². The van der Waals surface area contributed by atoms with Gasteiger partial charge in [0.2, 0.25) is 0 Å². The molecule has 138 valence electrons. The quantitative estimate of drug-likeness (QED) is 0.240. The second-order valence-electron chi connectivity index (χ2n) is 6.64. The summed E-state index contributed by atoms with van der Waals surface area (Å²) in [6.07, 6.45) is 6.85. The van der Waals surface area contributed by atoms with Crippen LogP contribution >= 0.6 is 0 Å². The van der Waals surface area contributed by atoms with E-state index in [4.69, 9.17) is 0 Å². The standard InChI is InChI=1S/C21H19F5/c1-2-3-4-5-12-6-7-15-13(8-12)9-16(22)19(20(15)25)14-10-17(23)21(26)18(24)11-14/h6,9-11H,2-5,7-8H2,1H3. The molecule has 1 aliphatic rings. The summed E-state index contributed by atoms with van der Waals surface area (Å²) in [6.45, 7) is 2.11. The zero-order valence-electron chi connectivity index (χ0n) is 14.4. The summed E-state index contributed by atoms with van der Waals surface area (Å²) in [7, 11) is 0. The van der Waals surface area contributed by atoms with Gasteiger partial charge in [-0.15, -0.1) is 0 Å². The van der Waals surface area contributed by atoms with Crippen LogP contribution in [0.2, 0.25) is 0 Å². The highest BCUT2D eigenvalue weighted by molar-refractivity contribution is 5.67. The maximum Gasteiger partial charge on any atom is 0.194 e. The third kappa shape index (κ3) is 3.53. The Morgan fingerprint density at radius 2 is 1.54 bits per heavy atom. The second kappa shape index (κ2) is 7.60. The van der Waals surface area contributed by atoms with Gasteiger partial charge in [0.15, 0.2) is 17.5 Å². The number of unbranched alkanes of at least 4 members (excludes halogenated alkanes) is 2. The molecule has 0 fully saturated rings. The number of allylic oxidation sites excluding steroid dienone is 2. The third-order valence-corrected chi connectivity index (χ3v) is 4.80. The average molecular weight is 366 g/mol. The van der Waals surface area contributed by atoms with Crippen molar-refractivity contribution in [1.82, 2.24) is 0 Å². The first kappa shape index (κ1) is 18.6. The van der Waals surface area contributed by atoms with E-state index in [1.54, 1.807) is 0 Å². The molecule has 0 atom stereocenters. The van der Waals surface area contributed by atoms with E-state index in [1.165, 1.54) is 6.07 Å². The van der Waals surface area contributed by atoms with Gasteiger partial charge in [-0.3, -0.25) is 0 Å². The first-order valence-electron chi connectivity index (χ1n) is 8.75. The van der Waals surface area contributed by atoms with Gasteiger partial charge >= 0.3 is 0 Å². The molecule has 0 saturated heterocycles. The van der Waals surface area contributed by atoms with Gasteiger partial charge in [0.05, 0.1) is 5.56 Å². The van der Waals surface area contributed by atoms with Crippen LogP contribution in [0, 0.1) is 29.1 Å². The maximum atomic E-state index is 14.9. The first-order valence-corrected chi connectivity index (χ1v) is 8.75. The summed E-state index contributed by atoms with van der Waals surface area (Å²) < 4.78 is 69.5. The fourth-order valence-corrected chi connectivity index (χ4v) is 3.41. The van der Waals surface area contributed by atoms with E-state index in [-0.39, 0.29) is 5.56 Å². The Balaban J connectivity index is 1.97. The monoisotopic (exact) mass is 366 g/mol. The highest BCUT2D eigenvalue weighted by Crippen LogP contribution is 2.35. The van der Waals surface area contributed by atoms with Crippen LogP contribution in [0.1, 0.15) is 43.7 Å². The lowest BCUT2D eigenvalue weighted by Gasteiger charge is -2.20. The van der Waals surface area contributed by atoms with Gasteiger partial charge in [-0.05, 0) is 60.6 Å². The summed E-state index contributed by atoms with van der Waals surface area (Å²) in [5, 5.41) is 0. The lowest BCUT2D eigenvalue weighted by molar-refractivity contribution is 0.447. The molecule has 26 heavy (non-hydrogen) atoms. The van der Waals surface area contributed by atoms with Crippen LogP contribution in [-0.2, 0) is 12.8 Å². The maximum absolute atomic E-state index is 14.9. The van der Waals surface area contributed by atoms with Crippen molar-refractivity contribution in [3.05, 3.63) is 70.1 Å². The fraction of sp³-hybridized carbons (Fsp3) is 0.333. The third-order valence-electron chi connectivity index (χ3n) is 4.80. The Bertz CT molecular complexity index is 844. The van der Waals surface area contributed by atoms with Crippen molar-refractivity contribution >= 4 is 0 Å². The zero-order chi connectivity index (χ0) is 18.8. The van der Waals surface area contributed by atoms with Gasteiger partial charge in [-0.2, -0.15) is 0 Å². The molecule has 2 aromatic carbocycles. The SMILES string of the molecule is CCCCCC1=CCc2c(cc(F)c(-c3cc(F)c(F)c(F)c3)c2F)C1. The molecule has 0 amide bonds. The lowest BCUT2D eigenvalue weighted by Crippen LogP contribution is -2.09. The van der Waals surface area contributed by atoms with Gasteiger partial charge in [-0.1, -0.05) is 31.4 Å². The van der Waals surface area contributed by atoms with Crippen molar-refractivity contribution in [2.45, 2.75) is 45.4 Å². The Morgan fingerprint density at radius 1 is 0.846 bits per heavy atom. The predicted molar refractivity (Wildman–Crippen MR) is 91.3 cm³/mol. The fourth-order valence-electron chi connectivity index (χ4n) is 3.41. The van der Waals surface area contributed by atoms with E-state index in [0.717, 1.165) is 31.3 Å². The molecule has 0 unspecified atom stereocenters. The van der Waals surface area contributed by atoms with Gasteiger partial charge in [0.25, 0.3) is 0 Å². The second-order valence-corrected chi connectivity index (χ2v) is 6.64. The molecular formula is C21H19F5. The molecule has 2 aromatic rings. The van der Waals surface area contributed by atoms with E-state index in [0.29, 0.717) is 36.1 Å². The molecule has 0 radical (unpaired) electrons. The molecule has 1 aliphatic carbocycles. The highest BCUT2D eigenvalue weighted by atomic mass is 19.2. The van der Waals surface area contributed by atoms with Crippen molar-refractivity contribution < 1.29 is 22.0 Å². The molecule has 0 aliphatic heterocycles. The number of halogens is 5. The van der Waals surface area contributed by atoms with E-state index in [9.17, 15) is 22.0 Å². The molecule has 0 aromatic heterocycles. The predicted octanol–water partition coefficient (Wildman–Crippen LogP) is 6.65. The van der Waals surface area contributed by atoms with E-state index < -0.39 is 34.6 Å². The molecule has 0 bridgehead atoms.